The number of rotatable bonds is 8. The average molecular weight is 294 g/mol. The summed E-state index contributed by atoms with van der Waals surface area (Å²) in [5, 5.41) is 13.8. The van der Waals surface area contributed by atoms with Crippen molar-refractivity contribution in [1.29, 1.82) is 0 Å². The topological polar surface area (TPSA) is 87.7 Å². The summed E-state index contributed by atoms with van der Waals surface area (Å²) in [5.74, 6) is -0.233. The Morgan fingerprint density at radius 1 is 1.33 bits per heavy atom. The van der Waals surface area contributed by atoms with Crippen LogP contribution in [0.2, 0.25) is 0 Å². The van der Waals surface area contributed by atoms with Crippen molar-refractivity contribution in [2.75, 3.05) is 18.5 Å². The van der Waals surface area contributed by atoms with Crippen molar-refractivity contribution in [3.8, 4) is 5.75 Å². The number of aryl methyl sites for hydroxylation is 1. The zero-order chi connectivity index (χ0) is 15.7. The Balaban J connectivity index is 2.52. The fraction of sp³-hybridized carbons (Fsp3) is 0.467. The summed E-state index contributed by atoms with van der Waals surface area (Å²) in [7, 11) is 0. The van der Waals surface area contributed by atoms with Gasteiger partial charge < -0.3 is 20.5 Å². The van der Waals surface area contributed by atoms with Crippen LogP contribution < -0.4 is 15.4 Å². The minimum Gasteiger partial charge on any atom is -0.491 e. The minimum absolute atomic E-state index is 0.0374. The normalized spacial score (nSPS) is 10.0. The lowest BCUT2D eigenvalue weighted by Crippen LogP contribution is -2.30. The molecule has 0 saturated carbocycles. The average Bonchev–Trinajstić information content (AvgIpc) is 2.43. The zero-order valence-electron chi connectivity index (χ0n) is 12.4. The van der Waals surface area contributed by atoms with Gasteiger partial charge in [-0.2, -0.15) is 0 Å². The van der Waals surface area contributed by atoms with Gasteiger partial charge in [0.05, 0.1) is 12.3 Å². The Morgan fingerprint density at radius 3 is 2.76 bits per heavy atom. The number of aliphatic carboxylic acids is 1. The number of carbonyl (C=O) groups excluding carboxylic acids is 1. The Hall–Kier alpha value is -2.24. The van der Waals surface area contributed by atoms with Gasteiger partial charge in [-0.05, 0) is 37.5 Å². The second-order valence-corrected chi connectivity index (χ2v) is 4.73. The fourth-order valence-corrected chi connectivity index (χ4v) is 1.67. The van der Waals surface area contributed by atoms with E-state index in [2.05, 4.69) is 10.6 Å². The second kappa shape index (κ2) is 8.84. The molecule has 6 nitrogen and oxygen atoms in total. The molecule has 2 amide bonds. The lowest BCUT2D eigenvalue weighted by molar-refractivity contribution is -0.137. The van der Waals surface area contributed by atoms with Crippen LogP contribution in [0.25, 0.3) is 0 Å². The van der Waals surface area contributed by atoms with Gasteiger partial charge in [0.25, 0.3) is 0 Å². The highest BCUT2D eigenvalue weighted by Crippen LogP contribution is 2.25. The molecule has 6 heteroatoms. The molecule has 0 heterocycles. The highest BCUT2D eigenvalue weighted by molar-refractivity contribution is 5.91. The number of urea groups is 1. The van der Waals surface area contributed by atoms with Crippen molar-refractivity contribution in [3.05, 3.63) is 23.8 Å². The number of nitrogens with one attached hydrogen (secondary N) is 2. The Labute approximate surface area is 124 Å². The molecule has 3 N–H and O–H groups in total. The van der Waals surface area contributed by atoms with Crippen LogP contribution in [-0.2, 0) is 4.79 Å². The SMILES string of the molecule is CCCOc1cc(C)ccc1NC(=O)NCCCC(=O)O. The standard InChI is InChI=1S/C15H22N2O4/c1-3-9-21-13-10-11(2)6-7-12(13)17-15(20)16-8-4-5-14(18)19/h6-7,10H,3-5,8-9H2,1-2H3,(H,18,19)(H2,16,17,20). The molecule has 1 aromatic carbocycles. The summed E-state index contributed by atoms with van der Waals surface area (Å²) < 4.78 is 5.60. The number of carbonyl (C=O) groups is 2. The van der Waals surface area contributed by atoms with Crippen molar-refractivity contribution in [3.63, 3.8) is 0 Å². The van der Waals surface area contributed by atoms with Gasteiger partial charge in [0.2, 0.25) is 0 Å². The predicted molar refractivity (Wildman–Crippen MR) is 80.9 cm³/mol. The van der Waals surface area contributed by atoms with Crippen molar-refractivity contribution in [2.45, 2.75) is 33.1 Å². The van der Waals surface area contributed by atoms with Crippen molar-refractivity contribution >= 4 is 17.7 Å². The van der Waals surface area contributed by atoms with E-state index in [1.54, 1.807) is 6.07 Å². The van der Waals surface area contributed by atoms with E-state index >= 15 is 0 Å². The number of ether oxygens (including phenoxy) is 1. The molecule has 21 heavy (non-hydrogen) atoms. The van der Waals surface area contributed by atoms with Crippen LogP contribution in [0.5, 0.6) is 5.75 Å². The first-order chi connectivity index (χ1) is 10.0. The number of benzene rings is 1. The molecule has 0 bridgehead atoms. The minimum atomic E-state index is -0.869. The summed E-state index contributed by atoms with van der Waals surface area (Å²) >= 11 is 0. The van der Waals surface area contributed by atoms with Gasteiger partial charge in [0.15, 0.2) is 0 Å². The molecule has 0 aromatic heterocycles. The van der Waals surface area contributed by atoms with E-state index in [1.165, 1.54) is 0 Å². The summed E-state index contributed by atoms with van der Waals surface area (Å²) in [6.07, 6.45) is 1.32. The first-order valence-corrected chi connectivity index (χ1v) is 7.03. The quantitative estimate of drug-likeness (QED) is 0.643. The second-order valence-electron chi connectivity index (χ2n) is 4.73. The van der Waals surface area contributed by atoms with Gasteiger partial charge in [0.1, 0.15) is 5.75 Å². The first kappa shape index (κ1) is 16.8. The van der Waals surface area contributed by atoms with Gasteiger partial charge in [-0.15, -0.1) is 0 Å². The van der Waals surface area contributed by atoms with E-state index in [4.69, 9.17) is 9.84 Å². The number of anilines is 1. The van der Waals surface area contributed by atoms with Crippen LogP contribution in [0, 0.1) is 6.92 Å². The predicted octanol–water partition coefficient (Wildman–Crippen LogP) is 2.77. The number of hydrogen-bond donors (Lipinski definition) is 3. The van der Waals surface area contributed by atoms with Crippen LogP contribution in [-0.4, -0.2) is 30.3 Å². The Bertz CT molecular complexity index is 489. The number of hydrogen-bond acceptors (Lipinski definition) is 3. The molecule has 0 saturated heterocycles. The fourth-order valence-electron chi connectivity index (χ4n) is 1.67. The molecule has 0 aliphatic heterocycles. The maximum absolute atomic E-state index is 11.7. The van der Waals surface area contributed by atoms with E-state index in [-0.39, 0.29) is 12.5 Å². The van der Waals surface area contributed by atoms with Crippen LogP contribution in [0.1, 0.15) is 31.7 Å². The Kier molecular flexibility index (Phi) is 7.08. The maximum atomic E-state index is 11.7. The largest absolute Gasteiger partial charge is 0.491 e. The van der Waals surface area contributed by atoms with Crippen molar-refractivity contribution < 1.29 is 19.4 Å². The molecule has 0 fully saturated rings. The molecule has 0 aliphatic rings. The molecular formula is C15H22N2O4. The van der Waals surface area contributed by atoms with Gasteiger partial charge in [0, 0.05) is 13.0 Å². The van der Waals surface area contributed by atoms with Crippen molar-refractivity contribution in [2.24, 2.45) is 0 Å². The first-order valence-electron chi connectivity index (χ1n) is 7.03. The third-order valence-electron chi connectivity index (χ3n) is 2.70. The summed E-state index contributed by atoms with van der Waals surface area (Å²) in [6, 6.07) is 5.18. The maximum Gasteiger partial charge on any atom is 0.319 e. The Morgan fingerprint density at radius 2 is 2.10 bits per heavy atom. The summed E-state index contributed by atoms with van der Waals surface area (Å²) in [6.45, 7) is 4.86. The highest BCUT2D eigenvalue weighted by Gasteiger charge is 2.08. The van der Waals surface area contributed by atoms with Gasteiger partial charge >= 0.3 is 12.0 Å². The van der Waals surface area contributed by atoms with Crippen LogP contribution >= 0.6 is 0 Å². The number of carboxylic acids is 1. The molecule has 0 spiro atoms. The smallest absolute Gasteiger partial charge is 0.319 e. The van der Waals surface area contributed by atoms with E-state index < -0.39 is 5.97 Å². The molecule has 0 unspecified atom stereocenters. The summed E-state index contributed by atoms with van der Waals surface area (Å²) in [5.41, 5.74) is 1.65. The highest BCUT2D eigenvalue weighted by atomic mass is 16.5. The van der Waals surface area contributed by atoms with E-state index in [0.29, 0.717) is 31.0 Å². The lowest BCUT2D eigenvalue weighted by Gasteiger charge is -2.13. The molecular weight excluding hydrogens is 272 g/mol. The van der Waals surface area contributed by atoms with Gasteiger partial charge in [-0.1, -0.05) is 13.0 Å². The monoisotopic (exact) mass is 294 g/mol. The lowest BCUT2D eigenvalue weighted by atomic mass is 10.2. The molecule has 1 aromatic rings. The van der Waals surface area contributed by atoms with E-state index in [0.717, 1.165) is 12.0 Å². The third-order valence-corrected chi connectivity index (χ3v) is 2.70. The summed E-state index contributed by atoms with van der Waals surface area (Å²) in [4.78, 5) is 22.1. The molecule has 0 radical (unpaired) electrons. The van der Waals surface area contributed by atoms with E-state index in [1.807, 2.05) is 26.0 Å². The number of carboxylic acid groups (broad SMARTS) is 1. The number of amides is 2. The van der Waals surface area contributed by atoms with Gasteiger partial charge in [-0.3, -0.25) is 4.79 Å². The van der Waals surface area contributed by atoms with Crippen LogP contribution in [0.3, 0.4) is 0 Å². The van der Waals surface area contributed by atoms with Crippen LogP contribution in [0.15, 0.2) is 18.2 Å². The molecule has 116 valence electrons. The van der Waals surface area contributed by atoms with E-state index in [9.17, 15) is 9.59 Å². The molecule has 0 atom stereocenters. The molecule has 0 aliphatic carbocycles. The van der Waals surface area contributed by atoms with Crippen molar-refractivity contribution in [1.82, 2.24) is 5.32 Å². The van der Waals surface area contributed by atoms with Crippen LogP contribution in [0.4, 0.5) is 10.5 Å². The zero-order valence-corrected chi connectivity index (χ0v) is 12.4. The molecule has 1 rings (SSSR count). The third kappa shape index (κ3) is 6.65. The van der Waals surface area contributed by atoms with Gasteiger partial charge in [-0.25, -0.2) is 4.79 Å².